The first-order valence-electron chi connectivity index (χ1n) is 5.68. The first-order chi connectivity index (χ1) is 7.94. The third-order valence-corrected chi connectivity index (χ3v) is 4.69. The highest BCUT2D eigenvalue weighted by molar-refractivity contribution is 7.10. The molecule has 2 rings (SSSR count). The van der Waals surface area contributed by atoms with Gasteiger partial charge in [0.05, 0.1) is 10.4 Å². The summed E-state index contributed by atoms with van der Waals surface area (Å²) in [6, 6.07) is 1.83. The molecule has 0 saturated carbocycles. The van der Waals surface area contributed by atoms with Gasteiger partial charge < -0.3 is 15.1 Å². The fraction of sp³-hybridized carbons (Fsp3) is 0.583. The number of rotatable bonds is 2. The molecule has 2 atom stereocenters. The summed E-state index contributed by atoms with van der Waals surface area (Å²) in [5, 5.41) is 21.5. The lowest BCUT2D eigenvalue weighted by Gasteiger charge is -2.40. The van der Waals surface area contributed by atoms with Crippen LogP contribution < -0.4 is 0 Å². The molecule has 0 bridgehead atoms. The monoisotopic (exact) mass is 255 g/mol. The van der Waals surface area contributed by atoms with Crippen LogP contribution in [0.1, 0.15) is 35.0 Å². The van der Waals surface area contributed by atoms with Gasteiger partial charge in [0, 0.05) is 12.6 Å². The Kier molecular flexibility index (Phi) is 3.25. The zero-order valence-corrected chi connectivity index (χ0v) is 10.8. The Morgan fingerprint density at radius 1 is 1.65 bits per heavy atom. The van der Waals surface area contributed by atoms with Gasteiger partial charge in [0.2, 0.25) is 0 Å². The highest BCUT2D eigenvalue weighted by Gasteiger charge is 2.39. The van der Waals surface area contributed by atoms with Crippen molar-refractivity contribution in [3.8, 4) is 0 Å². The molecule has 2 N–H and O–H groups in total. The maximum absolute atomic E-state index is 11.1. The molecule has 1 aromatic rings. The van der Waals surface area contributed by atoms with Crippen LogP contribution in [0.25, 0.3) is 0 Å². The minimum Gasteiger partial charge on any atom is -0.478 e. The van der Waals surface area contributed by atoms with Gasteiger partial charge in [0.25, 0.3) is 0 Å². The zero-order chi connectivity index (χ0) is 12.6. The molecule has 17 heavy (non-hydrogen) atoms. The van der Waals surface area contributed by atoms with E-state index in [9.17, 15) is 9.90 Å². The van der Waals surface area contributed by atoms with Crippen molar-refractivity contribution in [1.29, 1.82) is 0 Å². The van der Waals surface area contributed by atoms with Crippen LogP contribution in [0.5, 0.6) is 0 Å². The number of carboxylic acid groups (broad SMARTS) is 1. The Balaban J connectivity index is 2.32. The van der Waals surface area contributed by atoms with E-state index in [1.54, 1.807) is 11.4 Å². The topological polar surface area (TPSA) is 60.8 Å². The van der Waals surface area contributed by atoms with E-state index in [1.807, 2.05) is 7.05 Å². The second-order valence-electron chi connectivity index (χ2n) is 4.78. The van der Waals surface area contributed by atoms with E-state index in [1.165, 1.54) is 11.3 Å². The van der Waals surface area contributed by atoms with E-state index in [-0.39, 0.29) is 11.6 Å². The Morgan fingerprint density at radius 3 is 2.94 bits per heavy atom. The van der Waals surface area contributed by atoms with E-state index >= 15 is 0 Å². The molecule has 0 amide bonds. The second-order valence-corrected chi connectivity index (χ2v) is 5.70. The maximum atomic E-state index is 11.1. The fourth-order valence-electron chi connectivity index (χ4n) is 2.37. The van der Waals surface area contributed by atoms with Gasteiger partial charge in [-0.1, -0.05) is 0 Å². The van der Waals surface area contributed by atoms with Gasteiger partial charge in [0.15, 0.2) is 0 Å². The quantitative estimate of drug-likeness (QED) is 0.845. The van der Waals surface area contributed by atoms with Gasteiger partial charge in [-0.3, -0.25) is 0 Å². The number of aromatic carboxylic acids is 1. The molecule has 2 heterocycles. The Morgan fingerprint density at radius 2 is 2.35 bits per heavy atom. The summed E-state index contributed by atoms with van der Waals surface area (Å²) in [4.78, 5) is 13.9. The molecule has 4 nitrogen and oxygen atoms in total. The minimum atomic E-state index is -0.978. The van der Waals surface area contributed by atoms with Crippen LogP contribution in [0.15, 0.2) is 11.4 Å². The predicted molar refractivity (Wildman–Crippen MR) is 66.5 cm³/mol. The first kappa shape index (κ1) is 12.5. The number of carbonyl (C=O) groups is 1. The molecule has 1 fully saturated rings. The van der Waals surface area contributed by atoms with Crippen LogP contribution in [0.4, 0.5) is 0 Å². The number of carboxylic acids is 1. The first-order valence-corrected chi connectivity index (χ1v) is 6.56. The van der Waals surface area contributed by atoms with E-state index < -0.39 is 11.6 Å². The number of hydrogen-bond donors (Lipinski definition) is 2. The number of hydrogen-bond acceptors (Lipinski definition) is 4. The zero-order valence-electron chi connectivity index (χ0n) is 10.0. The van der Waals surface area contributed by atoms with E-state index in [4.69, 9.17) is 5.11 Å². The standard InChI is InChI=1S/C12H17NO3S/c1-8-7-12(16,4-5-13(8)2)10-9(11(14)15)3-6-17-10/h3,6,8,16H,4-5,7H2,1-2H3,(H,14,15). The summed E-state index contributed by atoms with van der Waals surface area (Å²) in [7, 11) is 2.02. The molecular formula is C12H17NO3S. The molecular weight excluding hydrogens is 238 g/mol. The summed E-state index contributed by atoms with van der Waals surface area (Å²) < 4.78 is 0. The molecule has 1 aromatic heterocycles. The van der Waals surface area contributed by atoms with E-state index in [0.29, 0.717) is 17.7 Å². The minimum absolute atomic E-state index is 0.245. The Labute approximate surface area is 104 Å². The average molecular weight is 255 g/mol. The van der Waals surface area contributed by atoms with Gasteiger partial charge in [-0.25, -0.2) is 4.79 Å². The van der Waals surface area contributed by atoms with Crippen LogP contribution in [0.2, 0.25) is 0 Å². The van der Waals surface area contributed by atoms with Crippen LogP contribution in [0.3, 0.4) is 0 Å². The summed E-state index contributed by atoms with van der Waals surface area (Å²) in [5.41, 5.74) is -0.734. The van der Waals surface area contributed by atoms with Crippen molar-refractivity contribution in [2.24, 2.45) is 0 Å². The van der Waals surface area contributed by atoms with Crippen LogP contribution >= 0.6 is 11.3 Å². The van der Waals surface area contributed by atoms with Gasteiger partial charge in [-0.05, 0) is 38.3 Å². The molecule has 1 aliphatic heterocycles. The van der Waals surface area contributed by atoms with Crippen LogP contribution in [-0.2, 0) is 5.60 Å². The summed E-state index contributed by atoms with van der Waals surface area (Å²) in [5.74, 6) is -0.957. The maximum Gasteiger partial charge on any atom is 0.336 e. The summed E-state index contributed by atoms with van der Waals surface area (Å²) >= 11 is 1.34. The van der Waals surface area contributed by atoms with Gasteiger partial charge >= 0.3 is 5.97 Å². The third-order valence-electron chi connectivity index (χ3n) is 3.58. The van der Waals surface area contributed by atoms with Crippen molar-refractivity contribution >= 4 is 17.3 Å². The predicted octanol–water partition coefficient (Wildman–Crippen LogP) is 1.75. The molecule has 0 aromatic carbocycles. The molecule has 94 valence electrons. The lowest BCUT2D eigenvalue weighted by atomic mass is 9.84. The molecule has 0 aliphatic carbocycles. The molecule has 5 heteroatoms. The lowest BCUT2D eigenvalue weighted by molar-refractivity contribution is -0.0387. The van der Waals surface area contributed by atoms with Gasteiger partial charge in [0.1, 0.15) is 5.60 Å². The molecule has 1 aliphatic rings. The van der Waals surface area contributed by atoms with Crippen molar-refractivity contribution in [3.05, 3.63) is 21.9 Å². The highest BCUT2D eigenvalue weighted by Crippen LogP contribution is 2.39. The van der Waals surface area contributed by atoms with Crippen molar-refractivity contribution in [3.63, 3.8) is 0 Å². The van der Waals surface area contributed by atoms with Crippen molar-refractivity contribution < 1.29 is 15.0 Å². The Hall–Kier alpha value is -0.910. The number of aliphatic hydroxyl groups is 1. The molecule has 2 unspecified atom stereocenters. The average Bonchev–Trinajstić information content (AvgIpc) is 2.73. The smallest absolute Gasteiger partial charge is 0.336 e. The summed E-state index contributed by atoms with van der Waals surface area (Å²) in [6.45, 7) is 2.84. The van der Waals surface area contributed by atoms with Crippen molar-refractivity contribution in [2.75, 3.05) is 13.6 Å². The lowest BCUT2D eigenvalue weighted by Crippen LogP contribution is -2.46. The highest BCUT2D eigenvalue weighted by atomic mass is 32.1. The Bertz CT molecular complexity index is 431. The summed E-state index contributed by atoms with van der Waals surface area (Å²) in [6.07, 6.45) is 1.18. The van der Waals surface area contributed by atoms with Crippen LogP contribution in [0, 0.1) is 0 Å². The normalized spacial score (nSPS) is 30.4. The fourth-order valence-corrected chi connectivity index (χ4v) is 3.40. The number of nitrogens with zero attached hydrogens (tertiary/aromatic N) is 1. The number of likely N-dealkylation sites (tertiary alicyclic amines) is 1. The van der Waals surface area contributed by atoms with Crippen molar-refractivity contribution in [2.45, 2.75) is 31.4 Å². The van der Waals surface area contributed by atoms with E-state index in [2.05, 4.69) is 11.8 Å². The number of piperidine rings is 1. The van der Waals surface area contributed by atoms with E-state index in [0.717, 1.165) is 6.54 Å². The van der Waals surface area contributed by atoms with Crippen molar-refractivity contribution in [1.82, 2.24) is 4.90 Å². The largest absolute Gasteiger partial charge is 0.478 e. The molecule has 0 radical (unpaired) electrons. The molecule has 1 saturated heterocycles. The van der Waals surface area contributed by atoms with Crippen LogP contribution in [-0.4, -0.2) is 40.7 Å². The van der Waals surface area contributed by atoms with Gasteiger partial charge in [-0.15, -0.1) is 11.3 Å². The number of thiophene rings is 1. The third kappa shape index (κ3) is 2.22. The van der Waals surface area contributed by atoms with Gasteiger partial charge in [-0.2, -0.15) is 0 Å². The SMILES string of the molecule is CC1CC(O)(c2sccc2C(=O)O)CCN1C. The molecule has 0 spiro atoms. The second kappa shape index (κ2) is 4.40.